The van der Waals surface area contributed by atoms with E-state index in [1.165, 1.54) is 24.3 Å². The molecule has 240 valence electrons. The van der Waals surface area contributed by atoms with Crippen LogP contribution in [0.4, 0.5) is 0 Å². The molecule has 0 amide bonds. The molecule has 0 fully saturated rings. The van der Waals surface area contributed by atoms with Crippen LogP contribution in [0, 0.1) is 0 Å². The van der Waals surface area contributed by atoms with E-state index in [2.05, 4.69) is 0 Å². The topological polar surface area (TPSA) is 134 Å². The van der Waals surface area contributed by atoms with Crippen molar-refractivity contribution in [2.24, 2.45) is 0 Å². The first-order valence-electron chi connectivity index (χ1n) is 16.0. The molecule has 0 atom stereocenters. The van der Waals surface area contributed by atoms with Gasteiger partial charge in [-0.05, 0) is 34.0 Å². The second-order valence-electron chi connectivity index (χ2n) is 12.8. The van der Waals surface area contributed by atoms with Crippen molar-refractivity contribution in [1.29, 1.82) is 0 Å². The highest BCUT2D eigenvalue weighted by Gasteiger charge is 2.32. The molecule has 50 heavy (non-hydrogen) atoms. The molecule has 0 spiro atoms. The molecule has 0 radical (unpaired) electrons. The molecule has 0 saturated carbocycles. The highest BCUT2D eigenvalue weighted by atomic mass is 16.5. The molecule has 10 rings (SSSR count). The summed E-state index contributed by atoms with van der Waals surface area (Å²) in [6.45, 7) is 0.215. The number of rotatable bonds is 6. The zero-order valence-corrected chi connectivity index (χ0v) is 26.1. The van der Waals surface area contributed by atoms with Gasteiger partial charge in [0.1, 0.15) is 47.7 Å². The van der Waals surface area contributed by atoms with Crippen LogP contribution in [0.5, 0.6) is 34.5 Å². The number of hydrogen-bond donors (Lipinski definition) is 4. The van der Waals surface area contributed by atoms with E-state index in [0.29, 0.717) is 53.9 Å². The van der Waals surface area contributed by atoms with Gasteiger partial charge in [-0.2, -0.15) is 0 Å². The van der Waals surface area contributed by atoms with Gasteiger partial charge in [0.25, 0.3) is 0 Å². The summed E-state index contributed by atoms with van der Waals surface area (Å²) in [5, 5.41) is 51.0. The fourth-order valence-electron chi connectivity index (χ4n) is 8.07. The molecule has 0 unspecified atom stereocenters. The average Bonchev–Trinajstić information content (AvgIpc) is 3.12. The first-order chi connectivity index (χ1) is 24.3. The first-order valence-corrected chi connectivity index (χ1v) is 16.0. The Bertz CT molecular complexity index is 2890. The van der Waals surface area contributed by atoms with Crippen molar-refractivity contribution < 1.29 is 29.9 Å². The van der Waals surface area contributed by atoms with Gasteiger partial charge in [0.05, 0.1) is 21.5 Å². The Hall–Kier alpha value is -6.80. The largest absolute Gasteiger partial charge is 0.507 e. The zero-order chi connectivity index (χ0) is 34.0. The molecule has 0 aliphatic rings. The van der Waals surface area contributed by atoms with Gasteiger partial charge in [0, 0.05) is 55.2 Å². The second kappa shape index (κ2) is 9.87. The highest BCUT2D eigenvalue weighted by Crippen LogP contribution is 2.58. The monoisotopic (exact) mass is 656 g/mol. The third kappa shape index (κ3) is 3.54. The van der Waals surface area contributed by atoms with E-state index < -0.39 is 10.9 Å². The van der Waals surface area contributed by atoms with E-state index in [4.69, 9.17) is 9.47 Å². The third-order valence-electron chi connectivity index (χ3n) is 10.1. The molecular formula is C42H24O8. The van der Waals surface area contributed by atoms with E-state index in [-0.39, 0.29) is 69.3 Å². The summed E-state index contributed by atoms with van der Waals surface area (Å²) in [4.78, 5) is 28.3. The maximum absolute atomic E-state index is 14.1. The van der Waals surface area contributed by atoms with Crippen LogP contribution < -0.4 is 20.3 Å². The molecule has 4 N–H and O–H groups in total. The number of phenolic OH excluding ortho intramolecular Hbond substituents is 4. The Morgan fingerprint density at radius 2 is 0.780 bits per heavy atom. The average molecular weight is 657 g/mol. The lowest BCUT2D eigenvalue weighted by atomic mass is 9.79. The van der Waals surface area contributed by atoms with Gasteiger partial charge < -0.3 is 29.9 Å². The molecule has 0 saturated heterocycles. The van der Waals surface area contributed by atoms with Gasteiger partial charge in [0.2, 0.25) is 0 Å². The van der Waals surface area contributed by atoms with E-state index in [1.807, 2.05) is 60.7 Å². The number of hydrogen-bond acceptors (Lipinski definition) is 8. The number of ether oxygens (including phenoxy) is 2. The van der Waals surface area contributed by atoms with Crippen molar-refractivity contribution in [2.45, 2.75) is 13.2 Å². The summed E-state index contributed by atoms with van der Waals surface area (Å²) >= 11 is 0. The number of fused-ring (bicyclic) bond motifs is 2. The van der Waals surface area contributed by atoms with Crippen molar-refractivity contribution in [3.63, 3.8) is 0 Å². The molecule has 10 aromatic carbocycles. The Morgan fingerprint density at radius 3 is 1.18 bits per heavy atom. The van der Waals surface area contributed by atoms with Crippen LogP contribution >= 0.6 is 0 Å². The summed E-state index contributed by atoms with van der Waals surface area (Å²) in [7, 11) is 0. The first kappa shape index (κ1) is 28.2. The van der Waals surface area contributed by atoms with E-state index in [0.717, 1.165) is 11.1 Å². The molecule has 8 heteroatoms. The van der Waals surface area contributed by atoms with Crippen molar-refractivity contribution in [1.82, 2.24) is 0 Å². The second-order valence-corrected chi connectivity index (χ2v) is 12.8. The Labute approximate surface area is 281 Å². The fourth-order valence-corrected chi connectivity index (χ4v) is 8.07. The van der Waals surface area contributed by atoms with Crippen LogP contribution in [0.1, 0.15) is 11.1 Å². The predicted molar refractivity (Wildman–Crippen MR) is 194 cm³/mol. The van der Waals surface area contributed by atoms with Crippen LogP contribution in [0.15, 0.2) is 107 Å². The minimum absolute atomic E-state index is 0.0363. The fraction of sp³-hybridized carbons (Fsp3) is 0.0476. The van der Waals surface area contributed by atoms with Crippen LogP contribution in [-0.2, 0) is 13.2 Å². The minimum Gasteiger partial charge on any atom is -0.507 e. The molecule has 0 aromatic heterocycles. The van der Waals surface area contributed by atoms with Gasteiger partial charge in [0.15, 0.2) is 10.9 Å². The zero-order valence-electron chi connectivity index (χ0n) is 26.1. The smallest absolute Gasteiger partial charge is 0.193 e. The van der Waals surface area contributed by atoms with E-state index in [1.54, 1.807) is 12.1 Å². The SMILES string of the molecule is O=c1cc(OCc2ccccc2)c2c3c(OCc4ccccc4)cc(=O)c4c(O)c5c(O)ccc6c7ccc(O)c8c(O)c1c2c(c87)c(c56)c43. The molecule has 8 nitrogen and oxygen atoms in total. The quantitative estimate of drug-likeness (QED) is 0.104. The lowest BCUT2D eigenvalue weighted by molar-refractivity contribution is 0.307. The van der Waals surface area contributed by atoms with E-state index >= 15 is 0 Å². The molecule has 0 bridgehead atoms. The Morgan fingerprint density at radius 1 is 0.400 bits per heavy atom. The van der Waals surface area contributed by atoms with Crippen LogP contribution in [0.3, 0.4) is 0 Å². The van der Waals surface area contributed by atoms with Crippen LogP contribution in [-0.4, -0.2) is 20.4 Å². The number of aromatic hydroxyl groups is 4. The summed E-state index contributed by atoms with van der Waals surface area (Å²) in [5.74, 6) is -0.841. The molecule has 0 heterocycles. The standard InChI is InChI=1S/C42H24O8/c43-23-13-11-21-22-12-14-24(44)32-30(22)38-37-29(21)31(23)41(47)33-25(45)15-27(49-17-19-7-3-1-4-8-19)35(39(33)37)36-28(50-18-20-9-5-2-6-10-20)16-26(46)34(40(36)38)42(32)48/h1-16,43-44,47-48H,17-18H2. The van der Waals surface area contributed by atoms with E-state index in [9.17, 15) is 30.0 Å². The summed E-state index contributed by atoms with van der Waals surface area (Å²) in [6.07, 6.45) is 0. The van der Waals surface area contributed by atoms with Crippen molar-refractivity contribution in [3.05, 3.63) is 129 Å². The van der Waals surface area contributed by atoms with Crippen LogP contribution in [0.2, 0.25) is 0 Å². The lowest BCUT2D eigenvalue weighted by Gasteiger charge is -2.25. The van der Waals surface area contributed by atoms with Crippen molar-refractivity contribution in [2.75, 3.05) is 0 Å². The van der Waals surface area contributed by atoms with Crippen molar-refractivity contribution >= 4 is 75.4 Å². The summed E-state index contributed by atoms with van der Waals surface area (Å²) in [5.41, 5.74) is 0.636. The molecule has 10 aromatic rings. The van der Waals surface area contributed by atoms with Crippen LogP contribution in [0.25, 0.3) is 75.4 Å². The van der Waals surface area contributed by atoms with Gasteiger partial charge in [-0.1, -0.05) is 72.8 Å². The lowest BCUT2D eigenvalue weighted by Crippen LogP contribution is -2.10. The van der Waals surface area contributed by atoms with Crippen molar-refractivity contribution in [3.8, 4) is 34.5 Å². The number of benzene rings is 10. The van der Waals surface area contributed by atoms with Gasteiger partial charge in [-0.15, -0.1) is 0 Å². The maximum Gasteiger partial charge on any atom is 0.193 e. The Balaban J connectivity index is 1.49. The third-order valence-corrected chi connectivity index (χ3v) is 10.1. The summed E-state index contributed by atoms with van der Waals surface area (Å²) < 4.78 is 12.9. The van der Waals surface area contributed by atoms with Gasteiger partial charge >= 0.3 is 0 Å². The molecule has 0 aliphatic carbocycles. The summed E-state index contributed by atoms with van der Waals surface area (Å²) in [6, 6.07) is 27.8. The molecular weight excluding hydrogens is 632 g/mol. The maximum atomic E-state index is 14.1. The predicted octanol–water partition coefficient (Wildman–Crippen LogP) is 8.21. The minimum atomic E-state index is -0.532. The number of phenols is 4. The Kier molecular flexibility index (Phi) is 5.57. The molecule has 0 aliphatic heterocycles. The normalized spacial score (nSPS) is 12.2. The highest BCUT2D eigenvalue weighted by molar-refractivity contribution is 6.51. The van der Waals surface area contributed by atoms with Gasteiger partial charge in [-0.25, -0.2) is 0 Å². The van der Waals surface area contributed by atoms with Gasteiger partial charge in [-0.3, -0.25) is 9.59 Å².